The molecular formula is C12H16N2S. The minimum absolute atomic E-state index is 0.936. The van der Waals surface area contributed by atoms with E-state index in [1.54, 1.807) is 0 Å². The lowest BCUT2D eigenvalue weighted by Crippen LogP contribution is -1.89. The average molecular weight is 220 g/mol. The van der Waals surface area contributed by atoms with Gasteiger partial charge in [0.15, 0.2) is 5.65 Å². The van der Waals surface area contributed by atoms with Gasteiger partial charge in [-0.05, 0) is 37.3 Å². The quantitative estimate of drug-likeness (QED) is 0.791. The molecule has 0 radical (unpaired) electrons. The Balaban J connectivity index is 2.59. The van der Waals surface area contributed by atoms with Crippen molar-refractivity contribution in [3.63, 3.8) is 0 Å². The third kappa shape index (κ3) is 1.88. The summed E-state index contributed by atoms with van der Waals surface area (Å²) in [5.74, 6) is 0. The lowest BCUT2D eigenvalue weighted by molar-refractivity contribution is 0.911. The van der Waals surface area contributed by atoms with Crippen LogP contribution < -0.4 is 0 Å². The number of rotatable bonds is 3. The molecule has 2 nitrogen and oxygen atoms in total. The molecule has 0 saturated carbocycles. The van der Waals surface area contributed by atoms with E-state index in [1.165, 1.54) is 20.8 Å². The monoisotopic (exact) mass is 220 g/mol. The van der Waals surface area contributed by atoms with Crippen LogP contribution in [0.25, 0.3) is 10.3 Å². The van der Waals surface area contributed by atoms with Crippen molar-refractivity contribution in [1.82, 2.24) is 9.97 Å². The minimum atomic E-state index is 0.936. The summed E-state index contributed by atoms with van der Waals surface area (Å²) >= 11 is 1.81. The van der Waals surface area contributed by atoms with E-state index in [1.807, 2.05) is 17.5 Å². The van der Waals surface area contributed by atoms with Crippen molar-refractivity contribution in [2.24, 2.45) is 0 Å². The topological polar surface area (TPSA) is 25.8 Å². The standard InChI is InChI=1S/C12H16N2S/c1-4-6-10-14-12-11(15-10)9(5-2)8(3)7-13-12/h7H,4-6H2,1-3H3. The molecule has 0 aromatic carbocycles. The maximum absolute atomic E-state index is 4.56. The fraction of sp³-hybridized carbons (Fsp3) is 0.500. The summed E-state index contributed by atoms with van der Waals surface area (Å²) in [6, 6.07) is 0. The van der Waals surface area contributed by atoms with Crippen molar-refractivity contribution in [1.29, 1.82) is 0 Å². The Kier molecular flexibility index (Phi) is 3.00. The van der Waals surface area contributed by atoms with E-state index < -0.39 is 0 Å². The van der Waals surface area contributed by atoms with Gasteiger partial charge < -0.3 is 0 Å². The molecule has 80 valence electrons. The summed E-state index contributed by atoms with van der Waals surface area (Å²) < 4.78 is 1.29. The molecule has 2 rings (SSSR count). The summed E-state index contributed by atoms with van der Waals surface area (Å²) in [4.78, 5) is 8.95. The molecule has 0 amide bonds. The number of pyridine rings is 1. The van der Waals surface area contributed by atoms with Crippen LogP contribution in [0.15, 0.2) is 6.20 Å². The smallest absolute Gasteiger partial charge is 0.170 e. The van der Waals surface area contributed by atoms with E-state index in [0.29, 0.717) is 0 Å². The zero-order valence-electron chi connectivity index (χ0n) is 9.50. The first-order valence-corrected chi connectivity index (χ1v) is 6.31. The lowest BCUT2D eigenvalue weighted by Gasteiger charge is -2.01. The van der Waals surface area contributed by atoms with E-state index in [4.69, 9.17) is 0 Å². The molecule has 2 aromatic heterocycles. The molecule has 0 unspecified atom stereocenters. The van der Waals surface area contributed by atoms with Crippen LogP contribution in [0.5, 0.6) is 0 Å². The predicted molar refractivity (Wildman–Crippen MR) is 65.5 cm³/mol. The van der Waals surface area contributed by atoms with E-state index in [2.05, 4.69) is 30.7 Å². The third-order valence-electron chi connectivity index (χ3n) is 2.60. The van der Waals surface area contributed by atoms with Gasteiger partial charge in [-0.15, -0.1) is 11.3 Å². The highest BCUT2D eigenvalue weighted by atomic mass is 32.1. The zero-order chi connectivity index (χ0) is 10.8. The SMILES string of the molecule is CCCc1nc2ncc(C)c(CC)c2s1. The van der Waals surface area contributed by atoms with Crippen LogP contribution >= 0.6 is 11.3 Å². The predicted octanol–water partition coefficient (Wildman–Crippen LogP) is 3.51. The van der Waals surface area contributed by atoms with Gasteiger partial charge >= 0.3 is 0 Å². The molecule has 0 saturated heterocycles. The average Bonchev–Trinajstić information content (AvgIpc) is 2.61. The second-order valence-electron chi connectivity index (χ2n) is 3.78. The Morgan fingerprint density at radius 2 is 2.13 bits per heavy atom. The van der Waals surface area contributed by atoms with E-state index in [9.17, 15) is 0 Å². The Bertz CT molecular complexity index is 474. The van der Waals surface area contributed by atoms with Crippen molar-refractivity contribution in [2.45, 2.75) is 40.0 Å². The molecule has 15 heavy (non-hydrogen) atoms. The molecule has 0 aliphatic heterocycles. The lowest BCUT2D eigenvalue weighted by atomic mass is 10.1. The summed E-state index contributed by atoms with van der Waals surface area (Å²) in [7, 11) is 0. The van der Waals surface area contributed by atoms with Gasteiger partial charge in [-0.2, -0.15) is 0 Å². The minimum Gasteiger partial charge on any atom is -0.236 e. The van der Waals surface area contributed by atoms with Gasteiger partial charge in [0.1, 0.15) is 0 Å². The first kappa shape index (κ1) is 10.6. The van der Waals surface area contributed by atoms with Crippen LogP contribution in [0.4, 0.5) is 0 Å². The maximum Gasteiger partial charge on any atom is 0.170 e. The molecule has 3 heteroatoms. The van der Waals surface area contributed by atoms with Crippen molar-refractivity contribution in [3.05, 3.63) is 22.3 Å². The molecule has 2 aromatic rings. The highest BCUT2D eigenvalue weighted by molar-refractivity contribution is 7.18. The Labute approximate surface area is 94.4 Å². The number of aromatic nitrogens is 2. The van der Waals surface area contributed by atoms with E-state index >= 15 is 0 Å². The molecule has 0 spiro atoms. The van der Waals surface area contributed by atoms with Crippen LogP contribution in [-0.4, -0.2) is 9.97 Å². The van der Waals surface area contributed by atoms with Gasteiger partial charge in [-0.3, -0.25) is 0 Å². The Morgan fingerprint density at radius 1 is 1.33 bits per heavy atom. The fourth-order valence-corrected chi connectivity index (χ4v) is 3.11. The summed E-state index contributed by atoms with van der Waals surface area (Å²) in [6.07, 6.45) is 5.23. The zero-order valence-corrected chi connectivity index (χ0v) is 10.3. The summed E-state index contributed by atoms with van der Waals surface area (Å²) in [5, 5.41) is 1.22. The van der Waals surface area contributed by atoms with Gasteiger partial charge in [0, 0.05) is 6.20 Å². The van der Waals surface area contributed by atoms with Gasteiger partial charge in [-0.25, -0.2) is 9.97 Å². The van der Waals surface area contributed by atoms with Crippen molar-refractivity contribution in [3.8, 4) is 0 Å². The van der Waals surface area contributed by atoms with Crippen molar-refractivity contribution in [2.75, 3.05) is 0 Å². The second kappa shape index (κ2) is 4.27. The van der Waals surface area contributed by atoms with Crippen LogP contribution in [0.2, 0.25) is 0 Å². The van der Waals surface area contributed by atoms with Crippen LogP contribution in [-0.2, 0) is 12.8 Å². The van der Waals surface area contributed by atoms with Gasteiger partial charge in [0.2, 0.25) is 0 Å². The fourth-order valence-electron chi connectivity index (χ4n) is 1.81. The molecule has 0 atom stereocenters. The molecule has 0 fully saturated rings. The molecule has 2 heterocycles. The van der Waals surface area contributed by atoms with Crippen LogP contribution in [0, 0.1) is 6.92 Å². The maximum atomic E-state index is 4.56. The second-order valence-corrected chi connectivity index (χ2v) is 4.87. The number of fused-ring (bicyclic) bond motifs is 1. The number of hydrogen-bond donors (Lipinski definition) is 0. The molecular weight excluding hydrogens is 204 g/mol. The van der Waals surface area contributed by atoms with Gasteiger partial charge in [0.25, 0.3) is 0 Å². The largest absolute Gasteiger partial charge is 0.236 e. The molecule has 0 aliphatic rings. The van der Waals surface area contributed by atoms with Gasteiger partial charge in [-0.1, -0.05) is 13.8 Å². The Morgan fingerprint density at radius 3 is 2.80 bits per heavy atom. The number of nitrogens with zero attached hydrogens (tertiary/aromatic N) is 2. The summed E-state index contributed by atoms with van der Waals surface area (Å²) in [5.41, 5.74) is 3.64. The Hall–Kier alpha value is -0.960. The van der Waals surface area contributed by atoms with Gasteiger partial charge in [0.05, 0.1) is 9.71 Å². The van der Waals surface area contributed by atoms with Crippen LogP contribution in [0.3, 0.4) is 0 Å². The molecule has 0 N–H and O–H groups in total. The first-order chi connectivity index (χ1) is 7.26. The molecule has 0 bridgehead atoms. The van der Waals surface area contributed by atoms with Crippen molar-refractivity contribution < 1.29 is 0 Å². The highest BCUT2D eigenvalue weighted by Crippen LogP contribution is 2.27. The normalized spacial score (nSPS) is 11.1. The summed E-state index contributed by atoms with van der Waals surface area (Å²) in [6.45, 7) is 6.51. The molecule has 0 aliphatic carbocycles. The van der Waals surface area contributed by atoms with Crippen molar-refractivity contribution >= 4 is 21.7 Å². The van der Waals surface area contributed by atoms with E-state index in [-0.39, 0.29) is 0 Å². The van der Waals surface area contributed by atoms with Crippen LogP contribution in [0.1, 0.15) is 36.4 Å². The van der Waals surface area contributed by atoms with E-state index in [0.717, 1.165) is 24.9 Å². The highest BCUT2D eigenvalue weighted by Gasteiger charge is 2.09. The third-order valence-corrected chi connectivity index (χ3v) is 3.77. The number of thiazole rings is 1. The first-order valence-electron chi connectivity index (χ1n) is 5.50. The number of hydrogen-bond acceptors (Lipinski definition) is 3. The number of aryl methyl sites for hydroxylation is 3.